The molecule has 4 rings (SSSR count). The zero-order chi connectivity index (χ0) is 32.2. The molecule has 0 bridgehead atoms. The number of benzene rings is 2. The lowest BCUT2D eigenvalue weighted by molar-refractivity contribution is -0.157. The number of carboxylic acid groups (broad SMARTS) is 1. The van der Waals surface area contributed by atoms with Crippen LogP contribution in [0.2, 0.25) is 0 Å². The molecule has 0 atom stereocenters. The van der Waals surface area contributed by atoms with Crippen molar-refractivity contribution < 1.29 is 42.1 Å². The third-order valence-electron chi connectivity index (χ3n) is 6.91. The van der Waals surface area contributed by atoms with Gasteiger partial charge in [0.25, 0.3) is 0 Å². The van der Waals surface area contributed by atoms with E-state index in [1.807, 2.05) is 31.2 Å². The summed E-state index contributed by atoms with van der Waals surface area (Å²) in [7, 11) is -2.46. The van der Waals surface area contributed by atoms with Crippen LogP contribution < -0.4 is 10.1 Å². The maximum atomic E-state index is 13.1. The van der Waals surface area contributed by atoms with Crippen molar-refractivity contribution in [2.24, 2.45) is 0 Å². The Morgan fingerprint density at radius 2 is 1.73 bits per heavy atom. The molecule has 0 saturated carbocycles. The summed E-state index contributed by atoms with van der Waals surface area (Å²) in [5.41, 5.74) is 1.70. The Morgan fingerprint density at radius 1 is 1.07 bits per heavy atom. The van der Waals surface area contributed by atoms with Gasteiger partial charge in [0.05, 0.1) is 17.6 Å². The summed E-state index contributed by atoms with van der Waals surface area (Å²) in [6.07, 6.45) is 1.15. The van der Waals surface area contributed by atoms with Crippen molar-refractivity contribution in [3.05, 3.63) is 64.5 Å². The number of sulfonamides is 1. The molecule has 0 aliphatic carbocycles. The zero-order valence-electron chi connectivity index (χ0n) is 25.2. The normalized spacial score (nSPS) is 14.6. The van der Waals surface area contributed by atoms with Crippen LogP contribution in [0.5, 0.6) is 5.75 Å². The number of carboxylic acids is 1. The molecule has 0 spiro atoms. The second-order valence-corrected chi connectivity index (χ2v) is 14.3. The van der Waals surface area contributed by atoms with Gasteiger partial charge in [-0.05, 0) is 82.5 Å². The van der Waals surface area contributed by atoms with Crippen LogP contribution in [0.4, 0.5) is 5.69 Å². The molecule has 13 heteroatoms. The largest absolute Gasteiger partial charge is 0.480 e. The Kier molecular flexibility index (Phi) is 10.0. The van der Waals surface area contributed by atoms with E-state index in [4.69, 9.17) is 19.3 Å². The molecule has 1 fully saturated rings. The van der Waals surface area contributed by atoms with Gasteiger partial charge in [-0.15, -0.1) is 11.3 Å². The third-order valence-corrected chi connectivity index (χ3v) is 10.1. The van der Waals surface area contributed by atoms with E-state index in [1.54, 1.807) is 20.8 Å². The number of hydrogen-bond donors (Lipinski definition) is 2. The lowest BCUT2D eigenvalue weighted by Crippen LogP contribution is -2.42. The van der Waals surface area contributed by atoms with E-state index in [1.165, 1.54) is 47.0 Å². The standard InChI is InChI=1S/C31H36N2O9S2/c1-19-26(41-18-25(34)42-31(2,3)4)28(30(37)40-5)43-27(19)21-7-6-8-23(17-21)32-22-13-15-33(16-14-22)44(38,39)24-11-9-20(10-12-24)29(35)36/h6-12,17,22,32H,13-16,18H2,1-5H3,(H,35,36). The third kappa shape index (κ3) is 7.76. The molecule has 1 aliphatic heterocycles. The Labute approximate surface area is 260 Å². The summed E-state index contributed by atoms with van der Waals surface area (Å²) in [5, 5.41) is 12.6. The molecule has 1 aliphatic rings. The number of aromatic carboxylic acids is 1. The number of carbonyl (C=O) groups excluding carboxylic acids is 2. The number of piperidine rings is 1. The Hall–Kier alpha value is -3.94. The molecule has 2 N–H and O–H groups in total. The highest BCUT2D eigenvalue weighted by molar-refractivity contribution is 7.89. The average Bonchev–Trinajstić information content (AvgIpc) is 3.31. The van der Waals surface area contributed by atoms with Crippen LogP contribution in [0.25, 0.3) is 10.4 Å². The second kappa shape index (κ2) is 13.4. The second-order valence-electron chi connectivity index (χ2n) is 11.3. The van der Waals surface area contributed by atoms with Crippen molar-refractivity contribution in [2.75, 3.05) is 32.1 Å². The summed E-state index contributed by atoms with van der Waals surface area (Å²) >= 11 is 1.21. The fraction of sp³-hybridized carbons (Fsp3) is 0.387. The number of hydrogen-bond acceptors (Lipinski definition) is 10. The van der Waals surface area contributed by atoms with Crippen LogP contribution in [-0.2, 0) is 24.3 Å². The van der Waals surface area contributed by atoms with E-state index < -0.39 is 33.5 Å². The van der Waals surface area contributed by atoms with Crippen molar-refractivity contribution in [1.29, 1.82) is 0 Å². The molecule has 2 aromatic carbocycles. The van der Waals surface area contributed by atoms with Crippen LogP contribution in [-0.4, -0.2) is 74.2 Å². The van der Waals surface area contributed by atoms with Crippen molar-refractivity contribution in [3.63, 3.8) is 0 Å². The van der Waals surface area contributed by atoms with Crippen LogP contribution in [0.1, 0.15) is 59.2 Å². The van der Waals surface area contributed by atoms with Gasteiger partial charge >= 0.3 is 17.9 Å². The monoisotopic (exact) mass is 644 g/mol. The fourth-order valence-electron chi connectivity index (χ4n) is 4.82. The predicted molar refractivity (Wildman–Crippen MR) is 166 cm³/mol. The maximum absolute atomic E-state index is 13.1. The Balaban J connectivity index is 1.45. The number of rotatable bonds is 10. The van der Waals surface area contributed by atoms with Crippen LogP contribution in [0, 0.1) is 6.92 Å². The van der Waals surface area contributed by atoms with Crippen molar-refractivity contribution >= 4 is 45.0 Å². The highest BCUT2D eigenvalue weighted by Crippen LogP contribution is 2.42. The minimum absolute atomic E-state index is 0.0221. The van der Waals surface area contributed by atoms with E-state index in [0.717, 1.165) is 16.1 Å². The molecule has 2 heterocycles. The number of nitrogens with one attached hydrogen (secondary N) is 1. The highest BCUT2D eigenvalue weighted by atomic mass is 32.2. The first kappa shape index (κ1) is 33.0. The lowest BCUT2D eigenvalue weighted by atomic mass is 10.0. The maximum Gasteiger partial charge on any atom is 0.351 e. The number of ether oxygens (including phenoxy) is 3. The van der Waals surface area contributed by atoms with E-state index in [9.17, 15) is 22.8 Å². The quantitative estimate of drug-likeness (QED) is 0.282. The van der Waals surface area contributed by atoms with Crippen molar-refractivity contribution in [3.8, 4) is 16.2 Å². The molecule has 3 aromatic rings. The smallest absolute Gasteiger partial charge is 0.351 e. The Morgan fingerprint density at radius 3 is 2.32 bits per heavy atom. The topological polar surface area (TPSA) is 149 Å². The molecule has 1 aromatic heterocycles. The van der Waals surface area contributed by atoms with Crippen molar-refractivity contribution in [1.82, 2.24) is 4.31 Å². The lowest BCUT2D eigenvalue weighted by Gasteiger charge is -2.32. The van der Waals surface area contributed by atoms with E-state index >= 15 is 0 Å². The van der Waals surface area contributed by atoms with Gasteiger partial charge in [0.15, 0.2) is 11.5 Å². The first-order chi connectivity index (χ1) is 20.7. The summed E-state index contributed by atoms with van der Waals surface area (Å²) in [5.74, 6) is -1.97. The van der Waals surface area contributed by atoms with Crippen LogP contribution >= 0.6 is 11.3 Å². The summed E-state index contributed by atoms with van der Waals surface area (Å²) < 4.78 is 43.7. The molecule has 0 unspecified atom stereocenters. The number of methoxy groups -OCH3 is 1. The molecular weight excluding hydrogens is 608 g/mol. The van der Waals surface area contributed by atoms with E-state index in [2.05, 4.69) is 5.32 Å². The van der Waals surface area contributed by atoms with Gasteiger partial charge in [0.2, 0.25) is 10.0 Å². The molecule has 0 radical (unpaired) electrons. The van der Waals surface area contributed by atoms with Crippen molar-refractivity contribution in [2.45, 2.75) is 57.1 Å². The van der Waals surface area contributed by atoms with Gasteiger partial charge in [0.1, 0.15) is 11.4 Å². The van der Waals surface area contributed by atoms with Gasteiger partial charge in [0, 0.05) is 35.3 Å². The van der Waals surface area contributed by atoms with E-state index in [0.29, 0.717) is 31.5 Å². The van der Waals surface area contributed by atoms with Gasteiger partial charge < -0.3 is 24.6 Å². The van der Waals surface area contributed by atoms with Crippen LogP contribution in [0.3, 0.4) is 0 Å². The molecule has 11 nitrogen and oxygen atoms in total. The SMILES string of the molecule is COC(=O)c1sc(-c2cccc(NC3CCN(S(=O)(=O)c4ccc(C(=O)O)cc4)CC3)c2)c(C)c1OCC(=O)OC(C)(C)C. The van der Waals surface area contributed by atoms with Gasteiger partial charge in [-0.3, -0.25) is 0 Å². The number of nitrogens with zero attached hydrogens (tertiary/aromatic N) is 1. The van der Waals surface area contributed by atoms with Crippen LogP contribution in [0.15, 0.2) is 53.4 Å². The van der Waals surface area contributed by atoms with E-state index in [-0.39, 0.29) is 33.7 Å². The highest BCUT2D eigenvalue weighted by Gasteiger charge is 2.30. The van der Waals surface area contributed by atoms with Gasteiger partial charge in [-0.25, -0.2) is 22.8 Å². The summed E-state index contributed by atoms with van der Waals surface area (Å²) in [4.78, 5) is 37.0. The average molecular weight is 645 g/mol. The number of thiophene rings is 1. The molecule has 236 valence electrons. The summed E-state index contributed by atoms with van der Waals surface area (Å²) in [6, 6.07) is 12.9. The molecular formula is C31H36N2O9S2. The fourth-order valence-corrected chi connectivity index (χ4v) is 7.46. The predicted octanol–water partition coefficient (Wildman–Crippen LogP) is 5.19. The molecule has 1 saturated heterocycles. The zero-order valence-corrected chi connectivity index (χ0v) is 26.8. The van der Waals surface area contributed by atoms with Gasteiger partial charge in [-0.2, -0.15) is 4.31 Å². The number of esters is 2. The molecule has 44 heavy (non-hydrogen) atoms. The molecule has 0 amide bonds. The number of carbonyl (C=O) groups is 3. The minimum atomic E-state index is -3.74. The van der Waals surface area contributed by atoms with Gasteiger partial charge in [-0.1, -0.05) is 12.1 Å². The minimum Gasteiger partial charge on any atom is -0.480 e. The number of anilines is 1. The first-order valence-electron chi connectivity index (χ1n) is 14.0. The first-order valence-corrected chi connectivity index (χ1v) is 16.2. The summed E-state index contributed by atoms with van der Waals surface area (Å²) in [6.45, 7) is 7.35. The Bertz CT molecular complexity index is 1630.